The molecule has 0 radical (unpaired) electrons. The van der Waals surface area contributed by atoms with Gasteiger partial charge in [-0.05, 0) is 43.7 Å². The molecule has 5 rings (SSSR count). The number of esters is 2. The number of piperidine rings is 1. The first-order chi connectivity index (χ1) is 19.9. The van der Waals surface area contributed by atoms with E-state index in [1.54, 1.807) is 41.8 Å². The molecule has 3 aliphatic heterocycles. The third-order valence-corrected chi connectivity index (χ3v) is 8.32. The first-order valence-electron chi connectivity index (χ1n) is 13.7. The summed E-state index contributed by atoms with van der Waals surface area (Å²) in [5.74, 6) is -1.59. The topological polar surface area (TPSA) is 88.5 Å². The summed E-state index contributed by atoms with van der Waals surface area (Å²) < 4.78 is 26.1. The molecule has 1 amide bonds. The molecule has 41 heavy (non-hydrogen) atoms. The molecule has 0 saturated carbocycles. The van der Waals surface area contributed by atoms with E-state index >= 15 is 4.39 Å². The van der Waals surface area contributed by atoms with Gasteiger partial charge in [0.05, 0.1) is 36.3 Å². The second-order valence-electron chi connectivity index (χ2n) is 10.1. The van der Waals surface area contributed by atoms with Crippen LogP contribution in [0.3, 0.4) is 0 Å². The molecule has 214 valence electrons. The molecule has 1 saturated heterocycles. The Hall–Kier alpha value is -3.92. The van der Waals surface area contributed by atoms with Crippen LogP contribution >= 0.6 is 11.8 Å². The van der Waals surface area contributed by atoms with E-state index < -0.39 is 17.8 Å². The second kappa shape index (κ2) is 12.7. The van der Waals surface area contributed by atoms with Gasteiger partial charge in [0.15, 0.2) is 5.17 Å². The highest BCUT2D eigenvalue weighted by molar-refractivity contribution is 8.16. The van der Waals surface area contributed by atoms with Crippen LogP contribution in [0.15, 0.2) is 82.0 Å². The van der Waals surface area contributed by atoms with E-state index in [4.69, 9.17) is 9.47 Å². The Morgan fingerprint density at radius 1 is 1.02 bits per heavy atom. The van der Waals surface area contributed by atoms with Gasteiger partial charge in [0, 0.05) is 24.4 Å². The standard InChI is InChI=1S/C31H32FN3O5S/c1-3-39-29(37)22-13-15-34(16-14-22)26(36)17-23-19-41-31-33-20(2)27(30(38)40-18-21-9-5-4-6-10-21)28(35(23)31)24-11-7-8-12-25(24)32/h4-12,19,22,28H,3,13-18H2,1-2H3. The molecule has 3 heterocycles. The average Bonchev–Trinajstić information content (AvgIpc) is 3.38. The molecule has 2 aromatic rings. The summed E-state index contributed by atoms with van der Waals surface area (Å²) in [5.41, 5.74) is 2.42. The molecule has 10 heteroatoms. The summed E-state index contributed by atoms with van der Waals surface area (Å²) in [7, 11) is 0. The van der Waals surface area contributed by atoms with Gasteiger partial charge in [-0.1, -0.05) is 60.3 Å². The first kappa shape index (κ1) is 28.6. The number of carbonyl (C=O) groups is 3. The van der Waals surface area contributed by atoms with Crippen LogP contribution in [-0.2, 0) is 30.5 Å². The van der Waals surface area contributed by atoms with Gasteiger partial charge in [-0.15, -0.1) is 0 Å². The van der Waals surface area contributed by atoms with Crippen molar-refractivity contribution in [2.45, 2.75) is 45.8 Å². The van der Waals surface area contributed by atoms with Gasteiger partial charge in [0.2, 0.25) is 5.91 Å². The summed E-state index contributed by atoms with van der Waals surface area (Å²) in [6.45, 7) is 4.81. The lowest BCUT2D eigenvalue weighted by atomic mass is 9.93. The fourth-order valence-corrected chi connectivity index (χ4v) is 6.28. The molecule has 1 atom stereocenters. The van der Waals surface area contributed by atoms with Crippen molar-refractivity contribution < 1.29 is 28.2 Å². The minimum Gasteiger partial charge on any atom is -0.466 e. The number of carbonyl (C=O) groups excluding carboxylic acids is 3. The molecule has 0 N–H and O–H groups in total. The lowest BCUT2D eigenvalue weighted by Crippen LogP contribution is -2.42. The highest BCUT2D eigenvalue weighted by Gasteiger charge is 2.42. The fourth-order valence-electron chi connectivity index (χ4n) is 5.31. The average molecular weight is 578 g/mol. The van der Waals surface area contributed by atoms with Gasteiger partial charge >= 0.3 is 11.9 Å². The van der Waals surface area contributed by atoms with E-state index in [2.05, 4.69) is 4.99 Å². The van der Waals surface area contributed by atoms with Crippen LogP contribution in [0.5, 0.6) is 0 Å². The number of ether oxygens (including phenoxy) is 2. The van der Waals surface area contributed by atoms with Gasteiger partial charge in [-0.2, -0.15) is 0 Å². The van der Waals surface area contributed by atoms with E-state index in [9.17, 15) is 14.4 Å². The molecule has 1 unspecified atom stereocenters. The van der Waals surface area contributed by atoms with E-state index in [-0.39, 0.29) is 36.4 Å². The lowest BCUT2D eigenvalue weighted by molar-refractivity contribution is -0.151. The van der Waals surface area contributed by atoms with Crippen molar-refractivity contribution >= 4 is 34.8 Å². The first-order valence-corrected chi connectivity index (χ1v) is 14.6. The summed E-state index contributed by atoms with van der Waals surface area (Å²) in [4.78, 5) is 47.2. The Kier molecular flexibility index (Phi) is 8.87. The predicted molar refractivity (Wildman–Crippen MR) is 154 cm³/mol. The number of hydrogen-bond acceptors (Lipinski definition) is 8. The SMILES string of the molecule is CCOC(=O)C1CCN(C(=O)CC2=CSC3=NC(C)=C(C(=O)OCc4ccccc4)C(c4ccccc4F)N23)CC1. The molecule has 0 aliphatic carbocycles. The Bertz CT molecular complexity index is 1420. The minimum atomic E-state index is -0.851. The van der Waals surface area contributed by atoms with Crippen LogP contribution in [-0.4, -0.2) is 52.5 Å². The molecule has 3 aliphatic rings. The van der Waals surface area contributed by atoms with Crippen molar-refractivity contribution in [1.29, 1.82) is 0 Å². The normalized spacial score (nSPS) is 19.0. The van der Waals surface area contributed by atoms with E-state index in [1.807, 2.05) is 35.7 Å². The molecular formula is C31H32FN3O5S. The van der Waals surface area contributed by atoms with Gasteiger partial charge in [0.25, 0.3) is 0 Å². The third kappa shape index (κ3) is 6.22. The number of halogens is 1. The third-order valence-electron chi connectivity index (χ3n) is 7.43. The van der Waals surface area contributed by atoms with Crippen molar-refractivity contribution in [1.82, 2.24) is 9.80 Å². The monoisotopic (exact) mass is 577 g/mol. The number of rotatable bonds is 8. The largest absolute Gasteiger partial charge is 0.466 e. The smallest absolute Gasteiger partial charge is 0.338 e. The maximum absolute atomic E-state index is 15.3. The number of aliphatic imine (C=N–C) groups is 1. The van der Waals surface area contributed by atoms with Crippen molar-refractivity contribution in [3.05, 3.63) is 93.9 Å². The zero-order chi connectivity index (χ0) is 28.9. The number of amides is 1. The molecule has 8 nitrogen and oxygen atoms in total. The van der Waals surface area contributed by atoms with Crippen LogP contribution in [0.1, 0.15) is 50.3 Å². The Labute approximate surface area is 242 Å². The number of benzene rings is 2. The quantitative estimate of drug-likeness (QED) is 0.392. The van der Waals surface area contributed by atoms with Gasteiger partial charge in [0.1, 0.15) is 12.4 Å². The second-order valence-corrected chi connectivity index (χ2v) is 10.9. The van der Waals surface area contributed by atoms with Crippen LogP contribution in [0.4, 0.5) is 4.39 Å². The van der Waals surface area contributed by atoms with E-state index in [1.165, 1.54) is 17.8 Å². The Morgan fingerprint density at radius 3 is 2.44 bits per heavy atom. The molecule has 0 bridgehead atoms. The Balaban J connectivity index is 1.37. The summed E-state index contributed by atoms with van der Waals surface area (Å²) >= 11 is 1.34. The zero-order valence-electron chi connectivity index (χ0n) is 23.0. The maximum atomic E-state index is 15.3. The van der Waals surface area contributed by atoms with Crippen molar-refractivity contribution in [2.75, 3.05) is 19.7 Å². The van der Waals surface area contributed by atoms with Crippen LogP contribution < -0.4 is 0 Å². The van der Waals surface area contributed by atoms with Crippen LogP contribution in [0, 0.1) is 11.7 Å². The highest BCUT2D eigenvalue weighted by atomic mass is 32.2. The maximum Gasteiger partial charge on any atom is 0.338 e. The number of hydrogen-bond donors (Lipinski definition) is 0. The number of fused-ring (bicyclic) bond motifs is 1. The summed E-state index contributed by atoms with van der Waals surface area (Å²) in [6.07, 6.45) is 1.14. The van der Waals surface area contributed by atoms with E-state index in [0.29, 0.717) is 54.7 Å². The van der Waals surface area contributed by atoms with Crippen molar-refractivity contribution in [2.24, 2.45) is 10.9 Å². The van der Waals surface area contributed by atoms with Gasteiger partial charge in [-0.3, -0.25) is 9.59 Å². The lowest BCUT2D eigenvalue weighted by Gasteiger charge is -2.37. The fraction of sp³-hybridized carbons (Fsp3) is 0.355. The molecule has 0 aromatic heterocycles. The molecule has 1 fully saturated rings. The zero-order valence-corrected chi connectivity index (χ0v) is 23.9. The number of thioether (sulfide) groups is 1. The summed E-state index contributed by atoms with van der Waals surface area (Å²) in [6, 6.07) is 14.8. The number of nitrogens with zero attached hydrogens (tertiary/aromatic N) is 3. The van der Waals surface area contributed by atoms with Crippen molar-refractivity contribution in [3.8, 4) is 0 Å². The summed E-state index contributed by atoms with van der Waals surface area (Å²) in [5, 5.41) is 2.40. The van der Waals surface area contributed by atoms with Gasteiger partial charge in [-0.25, -0.2) is 14.2 Å². The molecule has 2 aromatic carbocycles. The van der Waals surface area contributed by atoms with Crippen LogP contribution in [0.25, 0.3) is 0 Å². The number of likely N-dealkylation sites (tertiary alicyclic amines) is 1. The van der Waals surface area contributed by atoms with E-state index in [0.717, 1.165) is 5.56 Å². The number of allylic oxidation sites excluding steroid dienone is 1. The van der Waals surface area contributed by atoms with Crippen LogP contribution in [0.2, 0.25) is 0 Å². The highest BCUT2D eigenvalue weighted by Crippen LogP contribution is 2.45. The van der Waals surface area contributed by atoms with Crippen molar-refractivity contribution in [3.63, 3.8) is 0 Å². The Morgan fingerprint density at radius 2 is 1.73 bits per heavy atom. The number of amidine groups is 1. The van der Waals surface area contributed by atoms with Gasteiger partial charge < -0.3 is 19.3 Å². The molecular weight excluding hydrogens is 545 g/mol. The predicted octanol–water partition coefficient (Wildman–Crippen LogP) is 5.34. The minimum absolute atomic E-state index is 0.0481. The molecule has 0 spiro atoms.